The molecule has 1 N–H and O–H groups in total. The SMILES string of the molecule is CCOC1CC(N2CCNC(C)C2)C1(C)C. The van der Waals surface area contributed by atoms with Crippen LogP contribution in [0.2, 0.25) is 0 Å². The zero-order valence-electron chi connectivity index (χ0n) is 11.1. The van der Waals surface area contributed by atoms with Crippen LogP contribution in [0.4, 0.5) is 0 Å². The van der Waals surface area contributed by atoms with E-state index in [1.54, 1.807) is 0 Å². The molecule has 1 saturated carbocycles. The van der Waals surface area contributed by atoms with Crippen molar-refractivity contribution in [3.8, 4) is 0 Å². The Morgan fingerprint density at radius 2 is 2.19 bits per heavy atom. The Bertz CT molecular complexity index is 242. The average molecular weight is 226 g/mol. The molecule has 2 rings (SSSR count). The number of hydrogen-bond acceptors (Lipinski definition) is 3. The van der Waals surface area contributed by atoms with Gasteiger partial charge in [-0.25, -0.2) is 0 Å². The molecule has 0 radical (unpaired) electrons. The average Bonchev–Trinajstić information content (AvgIpc) is 2.23. The highest BCUT2D eigenvalue weighted by molar-refractivity contribution is 5.04. The normalized spacial score (nSPS) is 39.4. The molecular formula is C13H26N2O. The van der Waals surface area contributed by atoms with Gasteiger partial charge in [-0.3, -0.25) is 4.90 Å². The van der Waals surface area contributed by atoms with Gasteiger partial charge in [0.05, 0.1) is 6.10 Å². The quantitative estimate of drug-likeness (QED) is 0.789. The van der Waals surface area contributed by atoms with E-state index in [-0.39, 0.29) is 0 Å². The van der Waals surface area contributed by atoms with Gasteiger partial charge in [-0.1, -0.05) is 13.8 Å². The number of ether oxygens (including phenoxy) is 1. The van der Waals surface area contributed by atoms with Gasteiger partial charge >= 0.3 is 0 Å². The first-order valence-corrected chi connectivity index (χ1v) is 6.64. The van der Waals surface area contributed by atoms with Crippen molar-refractivity contribution in [2.45, 2.75) is 52.3 Å². The number of piperazine rings is 1. The van der Waals surface area contributed by atoms with E-state index in [4.69, 9.17) is 4.74 Å². The van der Waals surface area contributed by atoms with Crippen LogP contribution in [0.15, 0.2) is 0 Å². The molecule has 16 heavy (non-hydrogen) atoms. The Morgan fingerprint density at radius 3 is 2.75 bits per heavy atom. The third-order valence-electron chi connectivity index (χ3n) is 4.33. The monoisotopic (exact) mass is 226 g/mol. The third kappa shape index (κ3) is 2.13. The van der Waals surface area contributed by atoms with Gasteiger partial charge in [0.15, 0.2) is 0 Å². The molecule has 3 unspecified atom stereocenters. The Labute approximate surface area is 99.5 Å². The van der Waals surface area contributed by atoms with Crippen LogP contribution in [-0.2, 0) is 4.74 Å². The second-order valence-corrected chi connectivity index (χ2v) is 5.87. The van der Waals surface area contributed by atoms with Gasteiger partial charge in [-0.2, -0.15) is 0 Å². The lowest BCUT2D eigenvalue weighted by Gasteiger charge is -2.57. The highest BCUT2D eigenvalue weighted by Gasteiger charge is 2.51. The first-order valence-electron chi connectivity index (χ1n) is 6.64. The number of rotatable bonds is 3. The summed E-state index contributed by atoms with van der Waals surface area (Å²) >= 11 is 0. The van der Waals surface area contributed by atoms with Gasteiger partial charge in [-0.15, -0.1) is 0 Å². The molecule has 0 bridgehead atoms. The summed E-state index contributed by atoms with van der Waals surface area (Å²) in [7, 11) is 0. The summed E-state index contributed by atoms with van der Waals surface area (Å²) in [6, 6.07) is 1.35. The van der Waals surface area contributed by atoms with Gasteiger partial charge < -0.3 is 10.1 Å². The van der Waals surface area contributed by atoms with E-state index in [2.05, 4.69) is 37.9 Å². The summed E-state index contributed by atoms with van der Waals surface area (Å²) in [6.07, 6.45) is 1.68. The van der Waals surface area contributed by atoms with Crippen LogP contribution in [0, 0.1) is 5.41 Å². The van der Waals surface area contributed by atoms with Crippen molar-refractivity contribution >= 4 is 0 Å². The van der Waals surface area contributed by atoms with Crippen molar-refractivity contribution < 1.29 is 4.74 Å². The molecule has 0 aromatic heterocycles. The van der Waals surface area contributed by atoms with Crippen LogP contribution in [0.3, 0.4) is 0 Å². The van der Waals surface area contributed by atoms with E-state index < -0.39 is 0 Å². The van der Waals surface area contributed by atoms with Crippen molar-refractivity contribution in [1.29, 1.82) is 0 Å². The maximum absolute atomic E-state index is 5.80. The Balaban J connectivity index is 1.92. The molecule has 1 heterocycles. The molecule has 0 aromatic carbocycles. The summed E-state index contributed by atoms with van der Waals surface area (Å²) < 4.78 is 5.80. The van der Waals surface area contributed by atoms with Crippen LogP contribution in [-0.4, -0.2) is 49.3 Å². The Kier molecular flexibility index (Phi) is 3.57. The van der Waals surface area contributed by atoms with Crippen LogP contribution < -0.4 is 5.32 Å². The lowest BCUT2D eigenvalue weighted by atomic mass is 9.63. The smallest absolute Gasteiger partial charge is 0.0655 e. The van der Waals surface area contributed by atoms with E-state index in [9.17, 15) is 0 Å². The summed E-state index contributed by atoms with van der Waals surface area (Å²) in [5.41, 5.74) is 0.326. The van der Waals surface area contributed by atoms with Gasteiger partial charge in [-0.05, 0) is 20.3 Å². The molecular weight excluding hydrogens is 200 g/mol. The highest BCUT2D eigenvalue weighted by Crippen LogP contribution is 2.45. The maximum Gasteiger partial charge on any atom is 0.0655 e. The van der Waals surface area contributed by atoms with Crippen LogP contribution >= 0.6 is 0 Å². The molecule has 3 atom stereocenters. The van der Waals surface area contributed by atoms with Gasteiger partial charge in [0.1, 0.15) is 0 Å². The molecule has 0 aromatic rings. The fraction of sp³-hybridized carbons (Fsp3) is 1.00. The minimum atomic E-state index is 0.326. The fourth-order valence-corrected chi connectivity index (χ4v) is 3.21. The minimum Gasteiger partial charge on any atom is -0.378 e. The fourth-order valence-electron chi connectivity index (χ4n) is 3.21. The van der Waals surface area contributed by atoms with E-state index in [0.717, 1.165) is 13.2 Å². The molecule has 1 aliphatic heterocycles. The van der Waals surface area contributed by atoms with E-state index in [1.165, 1.54) is 19.5 Å². The van der Waals surface area contributed by atoms with E-state index >= 15 is 0 Å². The third-order valence-corrected chi connectivity index (χ3v) is 4.33. The Hall–Kier alpha value is -0.120. The van der Waals surface area contributed by atoms with E-state index in [0.29, 0.717) is 23.6 Å². The number of nitrogens with one attached hydrogen (secondary N) is 1. The standard InChI is InChI=1S/C13H26N2O/c1-5-16-12-8-11(13(12,3)4)15-7-6-14-10(2)9-15/h10-12,14H,5-9H2,1-4H3. The molecule has 3 heteroatoms. The van der Waals surface area contributed by atoms with Gasteiger partial charge in [0, 0.05) is 43.7 Å². The first-order chi connectivity index (χ1) is 7.55. The number of nitrogens with zero attached hydrogens (tertiary/aromatic N) is 1. The molecule has 0 amide bonds. The molecule has 94 valence electrons. The second-order valence-electron chi connectivity index (χ2n) is 5.87. The first kappa shape index (κ1) is 12.3. The lowest BCUT2D eigenvalue weighted by molar-refractivity contribution is -0.153. The van der Waals surface area contributed by atoms with Crippen molar-refractivity contribution in [2.24, 2.45) is 5.41 Å². The molecule has 3 nitrogen and oxygen atoms in total. The van der Waals surface area contributed by atoms with E-state index in [1.807, 2.05) is 0 Å². The van der Waals surface area contributed by atoms with Crippen molar-refractivity contribution in [3.63, 3.8) is 0 Å². The summed E-state index contributed by atoms with van der Waals surface area (Å²) in [6.45, 7) is 13.4. The largest absolute Gasteiger partial charge is 0.378 e. The maximum atomic E-state index is 5.80. The molecule has 1 aliphatic carbocycles. The van der Waals surface area contributed by atoms with Crippen LogP contribution in [0.25, 0.3) is 0 Å². The topological polar surface area (TPSA) is 24.5 Å². The van der Waals surface area contributed by atoms with Crippen LogP contribution in [0.5, 0.6) is 0 Å². The van der Waals surface area contributed by atoms with Crippen molar-refractivity contribution in [3.05, 3.63) is 0 Å². The second kappa shape index (κ2) is 4.63. The summed E-state index contributed by atoms with van der Waals surface area (Å²) in [4.78, 5) is 2.65. The summed E-state index contributed by atoms with van der Waals surface area (Å²) in [5.74, 6) is 0. The zero-order chi connectivity index (χ0) is 11.8. The summed E-state index contributed by atoms with van der Waals surface area (Å²) in [5, 5.41) is 3.51. The van der Waals surface area contributed by atoms with Crippen molar-refractivity contribution in [1.82, 2.24) is 10.2 Å². The molecule has 2 fully saturated rings. The van der Waals surface area contributed by atoms with Gasteiger partial charge in [0.2, 0.25) is 0 Å². The molecule has 0 spiro atoms. The van der Waals surface area contributed by atoms with Gasteiger partial charge in [0.25, 0.3) is 0 Å². The highest BCUT2D eigenvalue weighted by atomic mass is 16.5. The molecule has 2 aliphatic rings. The minimum absolute atomic E-state index is 0.326. The van der Waals surface area contributed by atoms with Crippen molar-refractivity contribution in [2.75, 3.05) is 26.2 Å². The lowest BCUT2D eigenvalue weighted by Crippen LogP contribution is -2.66. The predicted octanol–water partition coefficient (Wildman–Crippen LogP) is 1.48. The zero-order valence-corrected chi connectivity index (χ0v) is 11.1. The van der Waals surface area contributed by atoms with Crippen LogP contribution in [0.1, 0.15) is 34.1 Å². The molecule has 1 saturated heterocycles. The predicted molar refractivity (Wildman–Crippen MR) is 66.6 cm³/mol. The Morgan fingerprint density at radius 1 is 1.44 bits per heavy atom. The number of hydrogen-bond donors (Lipinski definition) is 1.